The largest absolute Gasteiger partial charge is 0.504 e. The molecule has 1 atom stereocenters. The van der Waals surface area contributed by atoms with Crippen molar-refractivity contribution in [2.75, 3.05) is 35.5 Å². The lowest BCUT2D eigenvalue weighted by Gasteiger charge is -2.17. The molecule has 4 aromatic rings. The van der Waals surface area contributed by atoms with Crippen molar-refractivity contribution in [3.05, 3.63) is 95.1 Å². The average Bonchev–Trinajstić information content (AvgIpc) is 3.74. The Kier molecular flexibility index (Phi) is 12.9. The number of anilines is 4. The van der Waals surface area contributed by atoms with Crippen LogP contribution in [0.3, 0.4) is 0 Å². The lowest BCUT2D eigenvalue weighted by Crippen LogP contribution is -2.43. The molecule has 0 radical (unpaired) electrons. The van der Waals surface area contributed by atoms with Gasteiger partial charge in [0.05, 0.1) is 43.6 Å². The highest BCUT2D eigenvalue weighted by atomic mass is 16.5. The number of nitriles is 1. The van der Waals surface area contributed by atoms with E-state index >= 15 is 0 Å². The highest BCUT2D eigenvalue weighted by Gasteiger charge is 2.26. The number of hydrogen-bond donors (Lipinski definition) is 8. The molecule has 0 heterocycles. The molecule has 0 saturated heterocycles. The van der Waals surface area contributed by atoms with Gasteiger partial charge in [-0.25, -0.2) is 4.79 Å². The van der Waals surface area contributed by atoms with Crippen molar-refractivity contribution >= 4 is 58.3 Å². The van der Waals surface area contributed by atoms with Crippen molar-refractivity contribution < 1.29 is 53.6 Å². The van der Waals surface area contributed by atoms with Crippen LogP contribution in [0.15, 0.2) is 72.8 Å². The first-order chi connectivity index (χ1) is 27.3. The monoisotopic (exact) mass is 778 g/mol. The van der Waals surface area contributed by atoms with Crippen LogP contribution in [-0.4, -0.2) is 71.1 Å². The third kappa shape index (κ3) is 9.56. The number of ether oxygens (including phenoxy) is 2. The molecule has 57 heavy (non-hydrogen) atoms. The second-order valence-corrected chi connectivity index (χ2v) is 12.8. The van der Waals surface area contributed by atoms with Crippen LogP contribution in [0.5, 0.6) is 23.0 Å². The summed E-state index contributed by atoms with van der Waals surface area (Å²) in [7, 11) is 2.36. The number of benzene rings is 4. The minimum absolute atomic E-state index is 0.00600. The first-order valence-corrected chi connectivity index (χ1v) is 17.5. The summed E-state index contributed by atoms with van der Waals surface area (Å²) in [6.45, 7) is 0. The predicted octanol–water partition coefficient (Wildman–Crippen LogP) is 5.10. The van der Waals surface area contributed by atoms with Crippen molar-refractivity contribution in [3.8, 4) is 29.1 Å². The van der Waals surface area contributed by atoms with Gasteiger partial charge >= 0.3 is 5.97 Å². The van der Waals surface area contributed by atoms with E-state index in [0.29, 0.717) is 5.69 Å². The first-order valence-electron chi connectivity index (χ1n) is 17.5. The van der Waals surface area contributed by atoms with Gasteiger partial charge in [-0.2, -0.15) is 5.26 Å². The van der Waals surface area contributed by atoms with E-state index in [-0.39, 0.29) is 63.5 Å². The summed E-state index contributed by atoms with van der Waals surface area (Å²) in [5, 5.41) is 52.8. The Hall–Kier alpha value is -7.61. The van der Waals surface area contributed by atoms with Crippen molar-refractivity contribution in [1.82, 2.24) is 5.32 Å². The van der Waals surface area contributed by atoms with E-state index in [1.165, 1.54) is 61.7 Å². The number of methoxy groups -OCH3 is 2. The standard InChI is InChI=1S/C40H38N6O11/c1-56-33-28(17-15-26(31(33)47)38(52)45-29-18-16-27(40(54)55)32(48)34(29)57-2)44-36(50)22-9-13-25(14-10-22)43-39(53)30(19-20-41)46-37(51)23-7-11-24(12-8-23)42-35(49)21-5-3-4-6-21/h7-18,21,30,47-48H,3-6,19H2,1-2H3,(H,42,49)(H,43,53)(H,44,50)(H,45,52)(H,46,51)(H,54,55). The average molecular weight is 779 g/mol. The minimum Gasteiger partial charge on any atom is -0.504 e. The molecule has 5 amide bonds. The van der Waals surface area contributed by atoms with Gasteiger partial charge in [-0.15, -0.1) is 0 Å². The Morgan fingerprint density at radius 2 is 1.18 bits per heavy atom. The molecule has 0 bridgehead atoms. The molecule has 8 N–H and O–H groups in total. The van der Waals surface area contributed by atoms with Crippen LogP contribution >= 0.6 is 0 Å². The van der Waals surface area contributed by atoms with Gasteiger partial charge in [-0.3, -0.25) is 24.0 Å². The summed E-state index contributed by atoms with van der Waals surface area (Å²) in [5.74, 6) is -6.26. The number of rotatable bonds is 14. The number of carboxylic acid groups (broad SMARTS) is 1. The maximum atomic E-state index is 13.1. The summed E-state index contributed by atoms with van der Waals surface area (Å²) in [4.78, 5) is 76.0. The van der Waals surface area contributed by atoms with E-state index in [1.54, 1.807) is 12.1 Å². The molecule has 1 fully saturated rings. The number of carbonyl (C=O) groups is 6. The fraction of sp³-hybridized carbons (Fsp3) is 0.225. The molecule has 5 rings (SSSR count). The molecule has 1 aliphatic carbocycles. The third-order valence-electron chi connectivity index (χ3n) is 9.12. The van der Waals surface area contributed by atoms with E-state index in [9.17, 15) is 49.3 Å². The predicted molar refractivity (Wildman–Crippen MR) is 206 cm³/mol. The summed E-state index contributed by atoms with van der Waals surface area (Å²) < 4.78 is 10.3. The SMILES string of the molecule is COc1c(NC(=O)c2ccc(NC(=O)c3ccc(NC(=O)C(CC#N)NC(=O)c4ccc(NC(=O)C5CCCC5)cc4)cc3)c(OC)c2O)ccc(C(=O)O)c1O. The summed E-state index contributed by atoms with van der Waals surface area (Å²) >= 11 is 0. The Bertz CT molecular complexity index is 2250. The smallest absolute Gasteiger partial charge is 0.339 e. The molecular formula is C40H38N6O11. The van der Waals surface area contributed by atoms with E-state index < -0.39 is 52.7 Å². The Labute approximate surface area is 325 Å². The molecule has 1 saturated carbocycles. The molecule has 1 unspecified atom stereocenters. The summed E-state index contributed by atoms with van der Waals surface area (Å²) in [6, 6.07) is 17.2. The second kappa shape index (κ2) is 18.1. The van der Waals surface area contributed by atoms with Gasteiger partial charge in [0.2, 0.25) is 11.8 Å². The Morgan fingerprint density at radius 3 is 1.70 bits per heavy atom. The zero-order valence-corrected chi connectivity index (χ0v) is 30.7. The fourth-order valence-corrected chi connectivity index (χ4v) is 6.11. The van der Waals surface area contributed by atoms with Crippen molar-refractivity contribution in [2.45, 2.75) is 38.1 Å². The molecule has 0 aliphatic heterocycles. The maximum Gasteiger partial charge on any atom is 0.339 e. The quantitative estimate of drug-likeness (QED) is 0.0832. The van der Waals surface area contributed by atoms with Crippen molar-refractivity contribution in [2.24, 2.45) is 5.92 Å². The number of nitrogens with zero attached hydrogens (tertiary/aromatic N) is 1. The minimum atomic E-state index is -1.42. The molecule has 17 heteroatoms. The third-order valence-corrected chi connectivity index (χ3v) is 9.12. The topological polar surface area (TPSA) is 266 Å². The fourth-order valence-electron chi connectivity index (χ4n) is 6.11. The van der Waals surface area contributed by atoms with Gasteiger partial charge in [0, 0.05) is 28.4 Å². The number of amides is 5. The lowest BCUT2D eigenvalue weighted by molar-refractivity contribution is -0.119. The van der Waals surface area contributed by atoms with Gasteiger partial charge in [-0.05, 0) is 85.6 Å². The number of phenolic OH excluding ortho intramolecular Hbond substituents is 1. The van der Waals surface area contributed by atoms with Crippen LogP contribution in [0.1, 0.15) is 73.5 Å². The van der Waals surface area contributed by atoms with E-state index in [0.717, 1.165) is 38.9 Å². The number of hydrogen-bond acceptors (Lipinski definition) is 11. The van der Waals surface area contributed by atoms with Crippen molar-refractivity contribution in [1.29, 1.82) is 5.26 Å². The van der Waals surface area contributed by atoms with E-state index in [4.69, 9.17) is 9.47 Å². The van der Waals surface area contributed by atoms with Gasteiger partial charge in [-0.1, -0.05) is 12.8 Å². The molecule has 294 valence electrons. The van der Waals surface area contributed by atoms with Crippen LogP contribution in [-0.2, 0) is 9.59 Å². The van der Waals surface area contributed by atoms with Crippen LogP contribution < -0.4 is 36.1 Å². The summed E-state index contributed by atoms with van der Waals surface area (Å²) in [5.41, 5.74) is 0.286. The Morgan fingerprint density at radius 1 is 0.684 bits per heavy atom. The second-order valence-electron chi connectivity index (χ2n) is 12.8. The highest BCUT2D eigenvalue weighted by molar-refractivity contribution is 6.10. The van der Waals surface area contributed by atoms with E-state index in [1.807, 2.05) is 6.07 Å². The zero-order chi connectivity index (χ0) is 41.2. The van der Waals surface area contributed by atoms with Gasteiger partial charge in [0.1, 0.15) is 11.6 Å². The van der Waals surface area contributed by atoms with Crippen LogP contribution in [0.4, 0.5) is 22.7 Å². The first kappa shape index (κ1) is 40.6. The van der Waals surface area contributed by atoms with Crippen LogP contribution in [0.2, 0.25) is 0 Å². The van der Waals surface area contributed by atoms with Gasteiger partial charge in [0.15, 0.2) is 23.0 Å². The zero-order valence-electron chi connectivity index (χ0n) is 30.7. The number of aromatic hydroxyl groups is 2. The molecule has 0 aromatic heterocycles. The summed E-state index contributed by atoms with van der Waals surface area (Å²) in [6.07, 6.45) is 3.40. The maximum absolute atomic E-state index is 13.1. The Balaban J connectivity index is 1.19. The number of phenols is 2. The van der Waals surface area contributed by atoms with Crippen LogP contribution in [0, 0.1) is 17.2 Å². The molecular weight excluding hydrogens is 740 g/mol. The van der Waals surface area contributed by atoms with Crippen molar-refractivity contribution in [3.63, 3.8) is 0 Å². The van der Waals surface area contributed by atoms with E-state index in [2.05, 4.69) is 26.6 Å². The molecule has 1 aliphatic rings. The molecule has 0 spiro atoms. The number of carboxylic acids is 1. The van der Waals surface area contributed by atoms with Crippen LogP contribution in [0.25, 0.3) is 0 Å². The number of nitrogens with one attached hydrogen (secondary N) is 5. The highest BCUT2D eigenvalue weighted by Crippen LogP contribution is 2.40. The number of aromatic carboxylic acids is 1. The normalized spacial score (nSPS) is 12.6. The molecule has 4 aromatic carbocycles. The molecule has 17 nitrogen and oxygen atoms in total. The van der Waals surface area contributed by atoms with Gasteiger partial charge < -0.3 is 51.4 Å². The number of carbonyl (C=O) groups excluding carboxylic acids is 5. The van der Waals surface area contributed by atoms with Gasteiger partial charge in [0.25, 0.3) is 17.7 Å². The lowest BCUT2D eigenvalue weighted by atomic mass is 10.1.